The third-order valence-electron chi connectivity index (χ3n) is 4.35. The third-order valence-corrected chi connectivity index (χ3v) is 4.35. The highest BCUT2D eigenvalue weighted by atomic mass is 16.7. The molecule has 0 radical (unpaired) electrons. The highest BCUT2D eigenvalue weighted by Crippen LogP contribution is 2.32. The average molecular weight is 398 g/mol. The molecule has 0 atom stereocenters. The van der Waals surface area contributed by atoms with Crippen LogP contribution >= 0.6 is 0 Å². The van der Waals surface area contributed by atoms with Crippen LogP contribution in [-0.4, -0.2) is 49.7 Å². The fourth-order valence-electron chi connectivity index (χ4n) is 2.65. The van der Waals surface area contributed by atoms with E-state index in [-0.39, 0.29) is 25.9 Å². The summed E-state index contributed by atoms with van der Waals surface area (Å²) in [6.07, 6.45) is 0. The number of likely N-dealkylation sites (N-methyl/N-ethyl adjacent to an activating group) is 1. The quantitative estimate of drug-likeness (QED) is 0.713. The lowest BCUT2D eigenvalue weighted by molar-refractivity contribution is -0.150. The zero-order valence-corrected chi connectivity index (χ0v) is 16.3. The van der Waals surface area contributed by atoms with Crippen molar-refractivity contribution >= 4 is 17.8 Å². The number of rotatable bonds is 7. The third kappa shape index (κ3) is 5.47. The zero-order chi connectivity index (χ0) is 20.8. The molecule has 0 saturated heterocycles. The molecule has 29 heavy (non-hydrogen) atoms. The maximum absolute atomic E-state index is 12.1. The molecule has 1 aliphatic heterocycles. The Kier molecular flexibility index (Phi) is 6.33. The highest BCUT2D eigenvalue weighted by molar-refractivity contribution is 5.96. The van der Waals surface area contributed by atoms with E-state index in [4.69, 9.17) is 14.2 Å². The summed E-state index contributed by atoms with van der Waals surface area (Å²) in [5.41, 5.74) is 2.45. The minimum atomic E-state index is -0.698. The van der Waals surface area contributed by atoms with Crippen molar-refractivity contribution < 1.29 is 28.6 Å². The molecule has 0 bridgehead atoms. The summed E-state index contributed by atoms with van der Waals surface area (Å²) < 4.78 is 15.4. The van der Waals surface area contributed by atoms with Crippen molar-refractivity contribution in [3.8, 4) is 11.5 Å². The van der Waals surface area contributed by atoms with E-state index in [1.54, 1.807) is 19.2 Å². The second kappa shape index (κ2) is 9.09. The Morgan fingerprint density at radius 1 is 1.07 bits per heavy atom. The topological polar surface area (TPSA) is 94.2 Å². The Hall–Kier alpha value is -3.55. The summed E-state index contributed by atoms with van der Waals surface area (Å²) in [5.74, 6) is -0.447. The summed E-state index contributed by atoms with van der Waals surface area (Å²) in [7, 11) is 1.64. The number of aryl methyl sites for hydroxylation is 1. The molecule has 3 rings (SSSR count). The van der Waals surface area contributed by atoms with Crippen molar-refractivity contribution in [1.29, 1.82) is 0 Å². The van der Waals surface area contributed by atoms with Gasteiger partial charge in [-0.2, -0.15) is 0 Å². The predicted molar refractivity (Wildman–Crippen MR) is 104 cm³/mol. The van der Waals surface area contributed by atoms with Gasteiger partial charge in [-0.1, -0.05) is 29.8 Å². The van der Waals surface area contributed by atoms with Crippen molar-refractivity contribution in [2.45, 2.75) is 13.5 Å². The Labute approximate surface area is 168 Å². The van der Waals surface area contributed by atoms with Crippen LogP contribution in [0.3, 0.4) is 0 Å². The number of esters is 1. The molecule has 0 aliphatic carbocycles. The first kappa shape index (κ1) is 20.2. The lowest BCUT2D eigenvalue weighted by Gasteiger charge is -2.17. The van der Waals surface area contributed by atoms with Gasteiger partial charge in [-0.3, -0.25) is 14.4 Å². The molecule has 2 aromatic carbocycles. The van der Waals surface area contributed by atoms with Gasteiger partial charge in [0.15, 0.2) is 18.1 Å². The van der Waals surface area contributed by atoms with Gasteiger partial charge in [-0.25, -0.2) is 0 Å². The molecule has 0 saturated carbocycles. The number of ether oxygens (including phenoxy) is 3. The number of carbonyl (C=O) groups excluding carboxylic acids is 3. The van der Waals surface area contributed by atoms with Gasteiger partial charge in [0.1, 0.15) is 6.54 Å². The first-order chi connectivity index (χ1) is 13.9. The molecule has 2 amide bonds. The first-order valence-electron chi connectivity index (χ1n) is 9.05. The monoisotopic (exact) mass is 398 g/mol. The van der Waals surface area contributed by atoms with Gasteiger partial charge in [0.25, 0.3) is 11.8 Å². The van der Waals surface area contributed by atoms with Crippen LogP contribution in [-0.2, 0) is 20.9 Å². The van der Waals surface area contributed by atoms with Gasteiger partial charge in [-0.15, -0.1) is 0 Å². The number of hydrogen-bond acceptors (Lipinski definition) is 6. The number of fused-ring (bicyclic) bond motifs is 1. The van der Waals surface area contributed by atoms with Gasteiger partial charge in [0.2, 0.25) is 6.79 Å². The minimum absolute atomic E-state index is 0.110. The highest BCUT2D eigenvalue weighted by Gasteiger charge is 2.17. The SMILES string of the molecule is Cc1ccc(CN(C)C(=O)COC(=O)CNC(=O)c2ccc3c(c2)OCO3)cc1. The van der Waals surface area contributed by atoms with E-state index in [1.807, 2.05) is 31.2 Å². The average Bonchev–Trinajstić information content (AvgIpc) is 3.19. The van der Waals surface area contributed by atoms with Crippen LogP contribution in [0.2, 0.25) is 0 Å². The van der Waals surface area contributed by atoms with E-state index in [1.165, 1.54) is 11.0 Å². The first-order valence-corrected chi connectivity index (χ1v) is 9.05. The fraction of sp³-hybridized carbons (Fsp3) is 0.286. The van der Waals surface area contributed by atoms with Crippen LogP contribution in [0.15, 0.2) is 42.5 Å². The van der Waals surface area contributed by atoms with Gasteiger partial charge in [0, 0.05) is 19.2 Å². The molecule has 152 valence electrons. The number of carbonyl (C=O) groups is 3. The molecule has 1 aliphatic rings. The van der Waals surface area contributed by atoms with Crippen molar-refractivity contribution in [1.82, 2.24) is 10.2 Å². The van der Waals surface area contributed by atoms with E-state index < -0.39 is 11.9 Å². The Morgan fingerprint density at radius 2 is 1.79 bits per heavy atom. The molecule has 8 nitrogen and oxygen atoms in total. The van der Waals surface area contributed by atoms with Gasteiger partial charge < -0.3 is 24.4 Å². The molecule has 2 aromatic rings. The van der Waals surface area contributed by atoms with E-state index in [9.17, 15) is 14.4 Å². The maximum Gasteiger partial charge on any atom is 0.325 e. The molecule has 1 N–H and O–H groups in total. The van der Waals surface area contributed by atoms with Crippen LogP contribution in [0.5, 0.6) is 11.5 Å². The second-order valence-corrected chi connectivity index (χ2v) is 6.65. The largest absolute Gasteiger partial charge is 0.454 e. The summed E-state index contributed by atoms with van der Waals surface area (Å²) in [6.45, 7) is 1.78. The molecule has 1 heterocycles. The summed E-state index contributed by atoms with van der Waals surface area (Å²) in [4.78, 5) is 37.6. The summed E-state index contributed by atoms with van der Waals surface area (Å²) in [6, 6.07) is 12.5. The summed E-state index contributed by atoms with van der Waals surface area (Å²) in [5, 5.41) is 2.45. The molecule has 0 spiro atoms. The van der Waals surface area contributed by atoms with E-state index in [0.717, 1.165) is 11.1 Å². The lowest BCUT2D eigenvalue weighted by atomic mass is 10.1. The van der Waals surface area contributed by atoms with Gasteiger partial charge >= 0.3 is 5.97 Å². The van der Waals surface area contributed by atoms with Gasteiger partial charge in [-0.05, 0) is 30.7 Å². The lowest BCUT2D eigenvalue weighted by Crippen LogP contribution is -2.34. The molecule has 0 aromatic heterocycles. The van der Waals surface area contributed by atoms with Crippen LogP contribution in [0, 0.1) is 6.92 Å². The van der Waals surface area contributed by atoms with E-state index in [2.05, 4.69) is 5.32 Å². The zero-order valence-electron chi connectivity index (χ0n) is 16.3. The maximum atomic E-state index is 12.1. The van der Waals surface area contributed by atoms with Crippen molar-refractivity contribution in [2.24, 2.45) is 0 Å². The smallest absolute Gasteiger partial charge is 0.325 e. The number of nitrogens with one attached hydrogen (secondary N) is 1. The van der Waals surface area contributed by atoms with Crippen LogP contribution in [0.1, 0.15) is 21.5 Å². The van der Waals surface area contributed by atoms with Crippen molar-refractivity contribution in [2.75, 3.05) is 27.0 Å². The van der Waals surface area contributed by atoms with Crippen molar-refractivity contribution in [3.63, 3.8) is 0 Å². The van der Waals surface area contributed by atoms with Crippen LogP contribution in [0.25, 0.3) is 0 Å². The number of benzene rings is 2. The van der Waals surface area contributed by atoms with Crippen LogP contribution in [0.4, 0.5) is 0 Å². The standard InChI is InChI=1S/C21H22N2O6/c1-14-3-5-15(6-4-14)11-23(2)19(24)12-27-20(25)10-22-21(26)16-7-8-17-18(9-16)29-13-28-17/h3-9H,10-13H2,1-2H3,(H,22,26). The Balaban J connectivity index is 1.40. The molecular weight excluding hydrogens is 376 g/mol. The molecule has 0 unspecified atom stereocenters. The minimum Gasteiger partial charge on any atom is -0.454 e. The van der Waals surface area contributed by atoms with Gasteiger partial charge in [0.05, 0.1) is 0 Å². The van der Waals surface area contributed by atoms with E-state index in [0.29, 0.717) is 23.6 Å². The Bertz CT molecular complexity index is 910. The Morgan fingerprint density at radius 3 is 2.55 bits per heavy atom. The fourth-order valence-corrected chi connectivity index (χ4v) is 2.65. The molecule has 0 fully saturated rings. The normalized spacial score (nSPS) is 11.7. The van der Waals surface area contributed by atoms with E-state index >= 15 is 0 Å². The second-order valence-electron chi connectivity index (χ2n) is 6.65. The predicted octanol–water partition coefficient (Wildman–Crippen LogP) is 1.66. The number of amides is 2. The summed E-state index contributed by atoms with van der Waals surface area (Å²) >= 11 is 0. The van der Waals surface area contributed by atoms with Crippen LogP contribution < -0.4 is 14.8 Å². The molecular formula is C21H22N2O6. The number of hydrogen-bond donors (Lipinski definition) is 1. The van der Waals surface area contributed by atoms with Crippen molar-refractivity contribution in [3.05, 3.63) is 59.2 Å². The number of nitrogens with zero attached hydrogens (tertiary/aromatic N) is 1. The molecule has 8 heteroatoms.